The molecular formula is C14H24N2O4. The number of carbonyl (C=O) groups is 3. The molecule has 0 unspecified atom stereocenters. The second kappa shape index (κ2) is 6.24. The minimum absolute atomic E-state index is 0.214. The number of carboxylic acid groups (broad SMARTS) is 1. The van der Waals surface area contributed by atoms with Gasteiger partial charge >= 0.3 is 12.0 Å². The molecule has 0 bridgehead atoms. The van der Waals surface area contributed by atoms with Crippen molar-refractivity contribution in [3.63, 3.8) is 0 Å². The summed E-state index contributed by atoms with van der Waals surface area (Å²) in [5.74, 6) is -1.27. The Bertz CT molecular complexity index is 400. The van der Waals surface area contributed by atoms with Crippen molar-refractivity contribution in [3.8, 4) is 0 Å². The molecular weight excluding hydrogens is 260 g/mol. The summed E-state index contributed by atoms with van der Waals surface area (Å²) in [7, 11) is 0. The molecule has 114 valence electrons. The molecule has 0 spiro atoms. The molecule has 0 aromatic rings. The number of amides is 3. The van der Waals surface area contributed by atoms with Gasteiger partial charge in [-0.1, -0.05) is 13.8 Å². The van der Waals surface area contributed by atoms with Crippen LogP contribution in [0.15, 0.2) is 0 Å². The van der Waals surface area contributed by atoms with E-state index < -0.39 is 23.3 Å². The van der Waals surface area contributed by atoms with E-state index in [0.717, 1.165) is 12.8 Å². The van der Waals surface area contributed by atoms with Crippen molar-refractivity contribution in [1.82, 2.24) is 10.2 Å². The predicted octanol–water partition coefficient (Wildman–Crippen LogP) is 1.84. The Morgan fingerprint density at radius 2 is 1.85 bits per heavy atom. The maximum absolute atomic E-state index is 12.1. The second-order valence-corrected chi connectivity index (χ2v) is 6.50. The van der Waals surface area contributed by atoms with Crippen LogP contribution in [0.1, 0.15) is 47.0 Å². The van der Waals surface area contributed by atoms with Gasteiger partial charge in [-0.05, 0) is 32.6 Å². The molecule has 0 atom stereocenters. The highest BCUT2D eigenvalue weighted by atomic mass is 16.4. The zero-order chi connectivity index (χ0) is 15.5. The molecule has 0 heterocycles. The van der Waals surface area contributed by atoms with E-state index in [4.69, 9.17) is 5.11 Å². The van der Waals surface area contributed by atoms with Gasteiger partial charge in [0.2, 0.25) is 5.91 Å². The zero-order valence-electron chi connectivity index (χ0n) is 12.6. The molecule has 0 aliphatic heterocycles. The third kappa shape index (κ3) is 4.83. The second-order valence-electron chi connectivity index (χ2n) is 6.50. The molecule has 6 heteroatoms. The van der Waals surface area contributed by atoms with Gasteiger partial charge in [0.1, 0.15) is 0 Å². The number of aliphatic carboxylic acids is 1. The van der Waals surface area contributed by atoms with Gasteiger partial charge in [0, 0.05) is 19.0 Å². The van der Waals surface area contributed by atoms with Crippen LogP contribution >= 0.6 is 0 Å². The molecule has 0 saturated heterocycles. The average Bonchev–Trinajstić information content (AvgIpc) is 3.07. The van der Waals surface area contributed by atoms with Gasteiger partial charge in [-0.2, -0.15) is 0 Å². The summed E-state index contributed by atoms with van der Waals surface area (Å²) in [6.45, 7) is 7.56. The Kier molecular flexibility index (Phi) is 5.14. The number of carbonyl (C=O) groups excluding carboxylic acids is 2. The molecule has 1 fully saturated rings. The van der Waals surface area contributed by atoms with Crippen LogP contribution in [0.3, 0.4) is 0 Å². The fourth-order valence-corrected chi connectivity index (χ4v) is 1.89. The first-order valence-corrected chi connectivity index (χ1v) is 6.97. The third-order valence-electron chi connectivity index (χ3n) is 3.24. The molecule has 6 nitrogen and oxygen atoms in total. The average molecular weight is 284 g/mol. The fourth-order valence-electron chi connectivity index (χ4n) is 1.89. The molecule has 2 N–H and O–H groups in total. The van der Waals surface area contributed by atoms with Crippen molar-refractivity contribution in [3.05, 3.63) is 0 Å². The van der Waals surface area contributed by atoms with E-state index in [-0.39, 0.29) is 12.5 Å². The lowest BCUT2D eigenvalue weighted by Gasteiger charge is -2.25. The molecule has 0 aromatic carbocycles. The van der Waals surface area contributed by atoms with Gasteiger partial charge in [0.05, 0.1) is 5.41 Å². The SMILES string of the molecule is CC(C)CN(C(=O)NC(=O)CC(C)(C)C(=O)O)C1CC1. The first kappa shape index (κ1) is 16.5. The van der Waals surface area contributed by atoms with Crippen LogP contribution in [0.5, 0.6) is 0 Å². The van der Waals surface area contributed by atoms with E-state index in [1.165, 1.54) is 13.8 Å². The number of hydrogen-bond donors (Lipinski definition) is 2. The molecule has 1 rings (SSSR count). The summed E-state index contributed by atoms with van der Waals surface area (Å²) in [6, 6.07) is -0.190. The lowest BCUT2D eigenvalue weighted by atomic mass is 9.89. The Balaban J connectivity index is 2.55. The number of rotatable bonds is 6. The predicted molar refractivity (Wildman–Crippen MR) is 74.1 cm³/mol. The number of nitrogens with one attached hydrogen (secondary N) is 1. The monoisotopic (exact) mass is 284 g/mol. The molecule has 1 saturated carbocycles. The Morgan fingerprint density at radius 3 is 2.25 bits per heavy atom. The van der Waals surface area contributed by atoms with Gasteiger partial charge in [-0.25, -0.2) is 4.79 Å². The quantitative estimate of drug-likeness (QED) is 0.779. The van der Waals surface area contributed by atoms with Crippen LogP contribution in [0.25, 0.3) is 0 Å². The highest BCUT2D eigenvalue weighted by Gasteiger charge is 2.35. The van der Waals surface area contributed by atoms with Crippen LogP contribution in [-0.2, 0) is 9.59 Å². The van der Waals surface area contributed by atoms with Crippen molar-refractivity contribution in [2.75, 3.05) is 6.54 Å². The van der Waals surface area contributed by atoms with Crippen molar-refractivity contribution in [1.29, 1.82) is 0 Å². The highest BCUT2D eigenvalue weighted by Crippen LogP contribution is 2.27. The normalized spacial score (nSPS) is 15.1. The number of imide groups is 1. The summed E-state index contributed by atoms with van der Waals surface area (Å²) in [5.41, 5.74) is -1.17. The van der Waals surface area contributed by atoms with Gasteiger partial charge in [-0.3, -0.25) is 14.9 Å². The maximum atomic E-state index is 12.1. The molecule has 0 aromatic heterocycles. The van der Waals surface area contributed by atoms with Crippen molar-refractivity contribution in [2.45, 2.75) is 53.0 Å². The summed E-state index contributed by atoms with van der Waals surface area (Å²) < 4.78 is 0. The largest absolute Gasteiger partial charge is 0.481 e. The Morgan fingerprint density at radius 1 is 1.30 bits per heavy atom. The number of nitrogens with zero attached hydrogens (tertiary/aromatic N) is 1. The molecule has 3 amide bonds. The topological polar surface area (TPSA) is 86.7 Å². The number of urea groups is 1. The molecule has 1 aliphatic carbocycles. The van der Waals surface area contributed by atoms with Crippen molar-refractivity contribution >= 4 is 17.9 Å². The lowest BCUT2D eigenvalue weighted by molar-refractivity contribution is -0.149. The summed E-state index contributed by atoms with van der Waals surface area (Å²) >= 11 is 0. The van der Waals surface area contributed by atoms with Crippen molar-refractivity contribution < 1.29 is 19.5 Å². The molecule has 1 aliphatic rings. The van der Waals surface area contributed by atoms with E-state index in [9.17, 15) is 14.4 Å². The van der Waals surface area contributed by atoms with Crippen LogP contribution in [0, 0.1) is 11.3 Å². The minimum Gasteiger partial charge on any atom is -0.481 e. The van der Waals surface area contributed by atoms with E-state index in [1.807, 2.05) is 13.8 Å². The zero-order valence-corrected chi connectivity index (χ0v) is 12.6. The number of carboxylic acids is 1. The fraction of sp³-hybridized carbons (Fsp3) is 0.786. The summed E-state index contributed by atoms with van der Waals surface area (Å²) in [5, 5.41) is 11.3. The summed E-state index contributed by atoms with van der Waals surface area (Å²) in [4.78, 5) is 36.5. The third-order valence-corrected chi connectivity index (χ3v) is 3.24. The Hall–Kier alpha value is -1.59. The van der Waals surface area contributed by atoms with Crippen LogP contribution in [0.4, 0.5) is 4.79 Å². The van der Waals surface area contributed by atoms with Crippen LogP contribution in [0.2, 0.25) is 0 Å². The lowest BCUT2D eigenvalue weighted by Crippen LogP contribution is -2.46. The first-order valence-electron chi connectivity index (χ1n) is 6.97. The Labute approximate surface area is 119 Å². The van der Waals surface area contributed by atoms with E-state index in [2.05, 4.69) is 5.32 Å². The first-order chi connectivity index (χ1) is 9.13. The maximum Gasteiger partial charge on any atom is 0.324 e. The van der Waals surface area contributed by atoms with Crippen LogP contribution < -0.4 is 5.32 Å². The smallest absolute Gasteiger partial charge is 0.324 e. The van der Waals surface area contributed by atoms with E-state index >= 15 is 0 Å². The standard InChI is InChI=1S/C14H24N2O4/c1-9(2)8-16(10-5-6-10)13(20)15-11(17)7-14(3,4)12(18)19/h9-10H,5-8H2,1-4H3,(H,18,19)(H,15,17,20). The van der Waals surface area contributed by atoms with Gasteiger partial charge in [-0.15, -0.1) is 0 Å². The highest BCUT2D eigenvalue weighted by molar-refractivity contribution is 5.96. The van der Waals surface area contributed by atoms with Gasteiger partial charge < -0.3 is 10.0 Å². The molecule has 20 heavy (non-hydrogen) atoms. The summed E-state index contributed by atoms with van der Waals surface area (Å²) in [6.07, 6.45) is 1.72. The number of hydrogen-bond acceptors (Lipinski definition) is 3. The van der Waals surface area contributed by atoms with E-state index in [1.54, 1.807) is 4.90 Å². The van der Waals surface area contributed by atoms with Crippen molar-refractivity contribution in [2.24, 2.45) is 11.3 Å². The van der Waals surface area contributed by atoms with Gasteiger partial charge in [0.15, 0.2) is 0 Å². The minimum atomic E-state index is -1.17. The van der Waals surface area contributed by atoms with Crippen LogP contribution in [-0.4, -0.2) is 40.5 Å². The van der Waals surface area contributed by atoms with Gasteiger partial charge in [0.25, 0.3) is 0 Å². The van der Waals surface area contributed by atoms with E-state index in [0.29, 0.717) is 12.5 Å². The molecule has 0 radical (unpaired) electrons.